The molecule has 4 N–H and O–H groups in total. The molecule has 136 valence electrons. The number of hydrogen-bond acceptors (Lipinski definition) is 5. The van der Waals surface area contributed by atoms with E-state index in [0.29, 0.717) is 24.4 Å². The minimum Gasteiger partial charge on any atom is -0.478 e. The van der Waals surface area contributed by atoms with Crippen LogP contribution in [0.3, 0.4) is 0 Å². The van der Waals surface area contributed by atoms with E-state index >= 15 is 0 Å². The van der Waals surface area contributed by atoms with Gasteiger partial charge in [0.2, 0.25) is 0 Å². The highest BCUT2D eigenvalue weighted by Crippen LogP contribution is 2.26. The van der Waals surface area contributed by atoms with E-state index < -0.39 is 5.97 Å². The highest BCUT2D eigenvalue weighted by Gasteiger charge is 2.10. The Bertz CT molecular complexity index is 801. The fourth-order valence-corrected chi connectivity index (χ4v) is 2.51. The second-order valence-electron chi connectivity index (χ2n) is 5.58. The van der Waals surface area contributed by atoms with Crippen LogP contribution in [0.25, 0.3) is 5.57 Å². The maximum absolute atomic E-state index is 11.4. The number of ether oxygens (including phenoxy) is 1. The van der Waals surface area contributed by atoms with Crippen molar-refractivity contribution in [2.24, 2.45) is 0 Å². The molecule has 0 radical (unpaired) electrons. The van der Waals surface area contributed by atoms with E-state index in [1.165, 1.54) is 6.08 Å². The Labute approximate surface area is 152 Å². The van der Waals surface area contributed by atoms with Crippen molar-refractivity contribution in [3.63, 3.8) is 0 Å². The van der Waals surface area contributed by atoms with Gasteiger partial charge < -0.3 is 20.9 Å². The third kappa shape index (κ3) is 5.46. The van der Waals surface area contributed by atoms with E-state index in [4.69, 9.17) is 10.5 Å². The number of nitrogen functional groups attached to an aromatic ring is 1. The molecule has 26 heavy (non-hydrogen) atoms. The van der Waals surface area contributed by atoms with Crippen LogP contribution in [0.4, 0.5) is 5.69 Å². The Morgan fingerprint density at radius 2 is 1.88 bits per heavy atom. The predicted molar refractivity (Wildman–Crippen MR) is 100 cm³/mol. The van der Waals surface area contributed by atoms with Gasteiger partial charge in [-0.2, -0.15) is 0 Å². The Balaban J connectivity index is 2.25. The van der Waals surface area contributed by atoms with Crippen molar-refractivity contribution in [2.75, 3.05) is 18.9 Å². The zero-order chi connectivity index (χ0) is 18.9. The lowest BCUT2D eigenvalue weighted by Crippen LogP contribution is -2.24. The first-order valence-corrected chi connectivity index (χ1v) is 8.26. The van der Waals surface area contributed by atoms with Crippen LogP contribution in [0.2, 0.25) is 0 Å². The quantitative estimate of drug-likeness (QED) is 0.382. The maximum atomic E-state index is 11.4. The summed E-state index contributed by atoms with van der Waals surface area (Å²) in [6.07, 6.45) is 1.18. The predicted octanol–water partition coefficient (Wildman–Crippen LogP) is 2.44. The van der Waals surface area contributed by atoms with E-state index in [1.807, 2.05) is 36.4 Å². The number of aliphatic carboxylic acids is 1. The SMILES string of the molecule is CCOC(=O)CNCc1cc(C(=CC(=O)O)c2ccccc2)ccc1N. The van der Waals surface area contributed by atoms with Crippen molar-refractivity contribution < 1.29 is 19.4 Å². The molecule has 0 fully saturated rings. The minimum atomic E-state index is -1.03. The number of hydrogen-bond donors (Lipinski definition) is 3. The third-order valence-electron chi connectivity index (χ3n) is 3.70. The number of rotatable bonds is 8. The molecule has 6 heteroatoms. The molecule has 2 aromatic carbocycles. The van der Waals surface area contributed by atoms with Gasteiger partial charge in [0.25, 0.3) is 0 Å². The number of carbonyl (C=O) groups excluding carboxylic acids is 1. The summed E-state index contributed by atoms with van der Waals surface area (Å²) in [4.78, 5) is 22.7. The van der Waals surface area contributed by atoms with Crippen LogP contribution in [0.1, 0.15) is 23.6 Å². The summed E-state index contributed by atoms with van der Waals surface area (Å²) in [7, 11) is 0. The van der Waals surface area contributed by atoms with E-state index in [2.05, 4.69) is 5.32 Å². The number of carboxylic acids is 1. The molecule has 0 spiro atoms. The van der Waals surface area contributed by atoms with Gasteiger partial charge in [0.15, 0.2) is 0 Å². The lowest BCUT2D eigenvalue weighted by molar-refractivity contribution is -0.142. The number of esters is 1. The molecule has 2 rings (SSSR count). The third-order valence-corrected chi connectivity index (χ3v) is 3.70. The lowest BCUT2D eigenvalue weighted by atomic mass is 9.95. The molecule has 0 heterocycles. The van der Waals surface area contributed by atoms with Gasteiger partial charge in [-0.25, -0.2) is 4.79 Å². The zero-order valence-corrected chi connectivity index (χ0v) is 14.6. The Morgan fingerprint density at radius 1 is 1.15 bits per heavy atom. The monoisotopic (exact) mass is 354 g/mol. The molecule has 0 unspecified atom stereocenters. The summed E-state index contributed by atoms with van der Waals surface area (Å²) in [5.74, 6) is -1.36. The summed E-state index contributed by atoms with van der Waals surface area (Å²) in [6, 6.07) is 14.6. The number of anilines is 1. The topological polar surface area (TPSA) is 102 Å². The number of benzene rings is 2. The van der Waals surface area contributed by atoms with Crippen molar-refractivity contribution in [1.82, 2.24) is 5.32 Å². The molecule has 2 aromatic rings. The summed E-state index contributed by atoms with van der Waals surface area (Å²) in [5.41, 5.74) is 9.47. The Hall–Kier alpha value is -3.12. The summed E-state index contributed by atoms with van der Waals surface area (Å²) in [5, 5.41) is 12.2. The first kappa shape index (κ1) is 19.2. The van der Waals surface area contributed by atoms with Crippen LogP contribution in [-0.2, 0) is 20.9 Å². The normalized spacial score (nSPS) is 11.2. The molecular weight excluding hydrogens is 332 g/mol. The van der Waals surface area contributed by atoms with Crippen LogP contribution in [-0.4, -0.2) is 30.2 Å². The maximum Gasteiger partial charge on any atom is 0.328 e. The number of nitrogens with one attached hydrogen (secondary N) is 1. The summed E-state index contributed by atoms with van der Waals surface area (Å²) < 4.78 is 4.87. The summed E-state index contributed by atoms with van der Waals surface area (Å²) >= 11 is 0. The second-order valence-corrected chi connectivity index (χ2v) is 5.58. The molecule has 0 saturated heterocycles. The van der Waals surface area contributed by atoms with Crippen LogP contribution in [0, 0.1) is 0 Å². The van der Waals surface area contributed by atoms with E-state index in [-0.39, 0.29) is 12.5 Å². The highest BCUT2D eigenvalue weighted by molar-refractivity contribution is 5.95. The molecule has 0 aliphatic carbocycles. The largest absolute Gasteiger partial charge is 0.478 e. The van der Waals surface area contributed by atoms with Crippen LogP contribution in [0.5, 0.6) is 0 Å². The highest BCUT2D eigenvalue weighted by atomic mass is 16.5. The van der Waals surface area contributed by atoms with Gasteiger partial charge in [0, 0.05) is 18.3 Å². The fraction of sp³-hybridized carbons (Fsp3) is 0.200. The molecule has 0 saturated carbocycles. The van der Waals surface area contributed by atoms with Gasteiger partial charge >= 0.3 is 11.9 Å². The molecule has 0 bridgehead atoms. The Morgan fingerprint density at radius 3 is 2.54 bits per heavy atom. The van der Waals surface area contributed by atoms with E-state index in [9.17, 15) is 14.7 Å². The standard InChI is InChI=1S/C20H22N2O4/c1-2-26-20(25)13-22-12-16-10-15(8-9-18(16)21)17(11-19(23)24)14-6-4-3-5-7-14/h3-11,22H,2,12-13,21H2,1H3,(H,23,24). The van der Waals surface area contributed by atoms with E-state index in [0.717, 1.165) is 16.7 Å². The van der Waals surface area contributed by atoms with Crippen molar-refractivity contribution in [3.8, 4) is 0 Å². The molecular formula is C20H22N2O4. The number of carboxylic acid groups (broad SMARTS) is 1. The molecule has 0 atom stereocenters. The van der Waals surface area contributed by atoms with Crippen molar-refractivity contribution in [3.05, 3.63) is 71.3 Å². The lowest BCUT2D eigenvalue weighted by Gasteiger charge is -2.12. The number of nitrogens with two attached hydrogens (primary N) is 1. The van der Waals surface area contributed by atoms with Gasteiger partial charge in [-0.1, -0.05) is 36.4 Å². The smallest absolute Gasteiger partial charge is 0.328 e. The first-order valence-electron chi connectivity index (χ1n) is 8.26. The zero-order valence-electron chi connectivity index (χ0n) is 14.6. The van der Waals surface area contributed by atoms with Crippen LogP contribution >= 0.6 is 0 Å². The Kier molecular flexibility index (Phi) is 6.93. The van der Waals surface area contributed by atoms with Crippen molar-refractivity contribution in [2.45, 2.75) is 13.5 Å². The molecule has 0 aliphatic rings. The van der Waals surface area contributed by atoms with E-state index in [1.54, 1.807) is 19.1 Å². The van der Waals surface area contributed by atoms with Gasteiger partial charge in [-0.3, -0.25) is 4.79 Å². The van der Waals surface area contributed by atoms with Crippen molar-refractivity contribution in [1.29, 1.82) is 0 Å². The fourth-order valence-electron chi connectivity index (χ4n) is 2.51. The molecule has 0 amide bonds. The average molecular weight is 354 g/mol. The molecule has 0 aromatic heterocycles. The van der Waals surface area contributed by atoms with Gasteiger partial charge in [-0.05, 0) is 41.3 Å². The van der Waals surface area contributed by atoms with Crippen LogP contribution in [0.15, 0.2) is 54.6 Å². The summed E-state index contributed by atoms with van der Waals surface area (Å²) in [6.45, 7) is 2.53. The number of carbonyl (C=O) groups is 2. The molecule has 6 nitrogen and oxygen atoms in total. The molecule has 0 aliphatic heterocycles. The van der Waals surface area contributed by atoms with Gasteiger partial charge in [-0.15, -0.1) is 0 Å². The minimum absolute atomic E-state index is 0.0774. The first-order chi connectivity index (χ1) is 12.5. The van der Waals surface area contributed by atoms with Crippen molar-refractivity contribution >= 4 is 23.2 Å². The average Bonchev–Trinajstić information content (AvgIpc) is 2.62. The van der Waals surface area contributed by atoms with Crippen LogP contribution < -0.4 is 11.1 Å². The second kappa shape index (κ2) is 9.39. The van der Waals surface area contributed by atoms with Gasteiger partial charge in [0.05, 0.1) is 13.2 Å². The van der Waals surface area contributed by atoms with Gasteiger partial charge in [0.1, 0.15) is 0 Å².